The van der Waals surface area contributed by atoms with Crippen molar-refractivity contribution >= 4 is 11.6 Å². The standard InChI is InChI=1S/C13H17ClO2/c1-8(15)6-10-7-9-4-3-5-11(9)12(14)13(10)16-2/h7-8,15H,3-6H2,1-2H3. The number of aryl methyl sites for hydroxylation is 1. The van der Waals surface area contributed by atoms with Crippen molar-refractivity contribution in [2.75, 3.05) is 7.11 Å². The lowest BCUT2D eigenvalue weighted by Crippen LogP contribution is -2.07. The van der Waals surface area contributed by atoms with Gasteiger partial charge >= 0.3 is 0 Å². The van der Waals surface area contributed by atoms with Gasteiger partial charge in [-0.05, 0) is 42.9 Å². The van der Waals surface area contributed by atoms with E-state index in [9.17, 15) is 5.11 Å². The predicted molar refractivity (Wildman–Crippen MR) is 65.4 cm³/mol. The molecule has 1 aromatic carbocycles. The lowest BCUT2D eigenvalue weighted by molar-refractivity contribution is 0.194. The Morgan fingerprint density at radius 3 is 2.88 bits per heavy atom. The molecule has 0 bridgehead atoms. The first-order chi connectivity index (χ1) is 7.63. The number of aliphatic hydroxyl groups is 1. The Hall–Kier alpha value is -0.730. The molecule has 1 aliphatic carbocycles. The Balaban J connectivity index is 2.48. The van der Waals surface area contributed by atoms with E-state index in [1.165, 1.54) is 11.1 Å². The van der Waals surface area contributed by atoms with Crippen molar-refractivity contribution in [1.29, 1.82) is 0 Å². The molecular weight excluding hydrogens is 224 g/mol. The fourth-order valence-electron chi connectivity index (χ4n) is 2.42. The Morgan fingerprint density at radius 2 is 2.25 bits per heavy atom. The second kappa shape index (κ2) is 4.64. The van der Waals surface area contributed by atoms with Crippen LogP contribution in [0.4, 0.5) is 0 Å². The number of fused-ring (bicyclic) bond motifs is 1. The topological polar surface area (TPSA) is 29.5 Å². The van der Waals surface area contributed by atoms with E-state index in [1.54, 1.807) is 14.0 Å². The predicted octanol–water partition coefficient (Wildman–Crippen LogP) is 2.76. The molecule has 16 heavy (non-hydrogen) atoms. The normalized spacial score (nSPS) is 16.0. The molecule has 88 valence electrons. The highest BCUT2D eigenvalue weighted by molar-refractivity contribution is 6.33. The van der Waals surface area contributed by atoms with Crippen LogP contribution >= 0.6 is 11.6 Å². The molecule has 0 aliphatic heterocycles. The highest BCUT2D eigenvalue weighted by atomic mass is 35.5. The molecule has 1 unspecified atom stereocenters. The first-order valence-corrected chi connectivity index (χ1v) is 6.06. The lowest BCUT2D eigenvalue weighted by atomic mass is 10.0. The van der Waals surface area contributed by atoms with Gasteiger partial charge in [0.05, 0.1) is 18.2 Å². The maximum Gasteiger partial charge on any atom is 0.141 e. The average molecular weight is 241 g/mol. The molecule has 2 nitrogen and oxygen atoms in total. The molecule has 0 saturated carbocycles. The van der Waals surface area contributed by atoms with Crippen LogP contribution in [0.25, 0.3) is 0 Å². The molecule has 0 saturated heterocycles. The molecule has 1 aliphatic rings. The second-order valence-corrected chi connectivity index (χ2v) is 4.81. The van der Waals surface area contributed by atoms with Crippen molar-refractivity contribution in [3.63, 3.8) is 0 Å². The van der Waals surface area contributed by atoms with Crippen LogP contribution in [-0.2, 0) is 19.3 Å². The van der Waals surface area contributed by atoms with Gasteiger partial charge in [0.2, 0.25) is 0 Å². The van der Waals surface area contributed by atoms with Gasteiger partial charge in [-0.15, -0.1) is 0 Å². The summed E-state index contributed by atoms with van der Waals surface area (Å²) in [6.07, 6.45) is 3.52. The Labute approximate surface area is 101 Å². The largest absolute Gasteiger partial charge is 0.495 e. The number of ether oxygens (including phenoxy) is 1. The molecule has 3 heteroatoms. The Morgan fingerprint density at radius 1 is 1.50 bits per heavy atom. The van der Waals surface area contributed by atoms with Gasteiger partial charge in [-0.25, -0.2) is 0 Å². The van der Waals surface area contributed by atoms with Crippen molar-refractivity contribution in [1.82, 2.24) is 0 Å². The minimum atomic E-state index is -0.371. The zero-order chi connectivity index (χ0) is 11.7. The molecule has 0 aromatic heterocycles. The third kappa shape index (κ3) is 2.04. The number of hydrogen-bond donors (Lipinski definition) is 1. The second-order valence-electron chi connectivity index (χ2n) is 4.43. The van der Waals surface area contributed by atoms with E-state index in [1.807, 2.05) is 0 Å². The van der Waals surface area contributed by atoms with Gasteiger partial charge in [-0.3, -0.25) is 0 Å². The van der Waals surface area contributed by atoms with E-state index < -0.39 is 0 Å². The van der Waals surface area contributed by atoms with Crippen LogP contribution < -0.4 is 4.74 Å². The van der Waals surface area contributed by atoms with E-state index in [-0.39, 0.29) is 6.10 Å². The van der Waals surface area contributed by atoms with Crippen molar-refractivity contribution in [2.45, 2.75) is 38.7 Å². The monoisotopic (exact) mass is 240 g/mol. The summed E-state index contributed by atoms with van der Waals surface area (Å²) in [6.45, 7) is 1.78. The van der Waals surface area contributed by atoms with E-state index in [0.29, 0.717) is 6.42 Å². The summed E-state index contributed by atoms with van der Waals surface area (Å²) in [5.74, 6) is 0.739. The van der Waals surface area contributed by atoms with E-state index in [4.69, 9.17) is 16.3 Å². The minimum absolute atomic E-state index is 0.371. The summed E-state index contributed by atoms with van der Waals surface area (Å²) in [4.78, 5) is 0. The molecule has 0 radical (unpaired) electrons. The molecule has 0 heterocycles. The van der Waals surface area contributed by atoms with Crippen LogP contribution in [0.1, 0.15) is 30.0 Å². The Bertz CT molecular complexity index is 399. The number of methoxy groups -OCH3 is 1. The summed E-state index contributed by atoms with van der Waals surface area (Å²) in [5, 5.41) is 10.2. The van der Waals surface area contributed by atoms with Gasteiger partial charge in [0.1, 0.15) is 5.75 Å². The highest BCUT2D eigenvalue weighted by Crippen LogP contribution is 2.39. The Kier molecular flexibility index (Phi) is 3.41. The lowest BCUT2D eigenvalue weighted by Gasteiger charge is -2.15. The van der Waals surface area contributed by atoms with Crippen LogP contribution in [0.3, 0.4) is 0 Å². The van der Waals surface area contributed by atoms with Gasteiger partial charge in [0, 0.05) is 6.42 Å². The molecular formula is C13H17ClO2. The van der Waals surface area contributed by atoms with Crippen LogP contribution in [0.15, 0.2) is 6.07 Å². The maximum atomic E-state index is 9.47. The summed E-state index contributed by atoms with van der Waals surface area (Å²) >= 11 is 6.34. The van der Waals surface area contributed by atoms with E-state index in [2.05, 4.69) is 6.07 Å². The third-order valence-electron chi connectivity index (χ3n) is 3.08. The van der Waals surface area contributed by atoms with Crippen LogP contribution in [0.5, 0.6) is 5.75 Å². The number of aliphatic hydroxyl groups excluding tert-OH is 1. The SMILES string of the molecule is COc1c(CC(C)O)cc2c(c1Cl)CCC2. The number of halogens is 1. The minimum Gasteiger partial charge on any atom is -0.495 e. The molecule has 0 fully saturated rings. The quantitative estimate of drug-likeness (QED) is 0.881. The zero-order valence-corrected chi connectivity index (χ0v) is 10.5. The van der Waals surface area contributed by atoms with Gasteiger partial charge in [0.25, 0.3) is 0 Å². The zero-order valence-electron chi connectivity index (χ0n) is 9.72. The third-order valence-corrected chi connectivity index (χ3v) is 3.48. The summed E-state index contributed by atoms with van der Waals surface area (Å²) < 4.78 is 5.36. The molecule has 1 N–H and O–H groups in total. The van der Waals surface area contributed by atoms with Gasteiger partial charge in [0.15, 0.2) is 0 Å². The smallest absolute Gasteiger partial charge is 0.141 e. The van der Waals surface area contributed by atoms with Crippen LogP contribution in [-0.4, -0.2) is 18.3 Å². The summed E-state index contributed by atoms with van der Waals surface area (Å²) in [5.41, 5.74) is 3.57. The number of benzene rings is 1. The fraction of sp³-hybridized carbons (Fsp3) is 0.538. The average Bonchev–Trinajstić information content (AvgIpc) is 2.65. The molecule has 1 aromatic rings. The summed E-state index contributed by atoms with van der Waals surface area (Å²) in [7, 11) is 1.63. The first-order valence-electron chi connectivity index (χ1n) is 5.68. The van der Waals surface area contributed by atoms with Gasteiger partial charge in [-0.1, -0.05) is 17.7 Å². The van der Waals surface area contributed by atoms with Crippen molar-refractivity contribution < 1.29 is 9.84 Å². The summed E-state index contributed by atoms with van der Waals surface area (Å²) in [6, 6.07) is 2.14. The molecule has 0 spiro atoms. The number of hydrogen-bond acceptors (Lipinski definition) is 2. The van der Waals surface area contributed by atoms with Gasteiger partial charge in [-0.2, -0.15) is 0 Å². The van der Waals surface area contributed by atoms with Crippen LogP contribution in [0, 0.1) is 0 Å². The van der Waals surface area contributed by atoms with Gasteiger partial charge < -0.3 is 9.84 Å². The fourth-order valence-corrected chi connectivity index (χ4v) is 2.84. The highest BCUT2D eigenvalue weighted by Gasteiger charge is 2.21. The van der Waals surface area contributed by atoms with Crippen molar-refractivity contribution in [3.05, 3.63) is 27.8 Å². The maximum absolute atomic E-state index is 9.47. The molecule has 0 amide bonds. The van der Waals surface area contributed by atoms with Crippen LogP contribution in [0.2, 0.25) is 5.02 Å². The van der Waals surface area contributed by atoms with Crippen molar-refractivity contribution in [2.24, 2.45) is 0 Å². The van der Waals surface area contributed by atoms with Crippen molar-refractivity contribution in [3.8, 4) is 5.75 Å². The molecule has 2 rings (SSSR count). The number of rotatable bonds is 3. The van der Waals surface area contributed by atoms with E-state index in [0.717, 1.165) is 35.6 Å². The first kappa shape index (κ1) is 11.7. The molecule has 1 atom stereocenters. The van der Waals surface area contributed by atoms with E-state index >= 15 is 0 Å².